The molecule has 0 aliphatic rings. The molecule has 0 unspecified atom stereocenters. The van der Waals surface area contributed by atoms with E-state index in [0.717, 1.165) is 16.4 Å². The molecule has 1 aromatic carbocycles. The number of aromatic nitrogens is 4. The van der Waals surface area contributed by atoms with Gasteiger partial charge in [0.1, 0.15) is 5.65 Å². The maximum Gasteiger partial charge on any atom is 0.249 e. The Labute approximate surface area is 101 Å². The maximum absolute atomic E-state index is 11.3. The van der Waals surface area contributed by atoms with Crippen molar-refractivity contribution in [1.82, 2.24) is 19.4 Å². The number of benzene rings is 1. The molecule has 0 spiro atoms. The highest BCUT2D eigenvalue weighted by Crippen LogP contribution is 2.17. The van der Waals surface area contributed by atoms with Crippen molar-refractivity contribution in [2.24, 2.45) is 0 Å². The van der Waals surface area contributed by atoms with Crippen LogP contribution in [0.5, 0.6) is 0 Å². The van der Waals surface area contributed by atoms with Crippen molar-refractivity contribution in [3.05, 3.63) is 52.9 Å². The van der Waals surface area contributed by atoms with Crippen LogP contribution in [-0.2, 0) is 0 Å². The molecule has 0 aliphatic carbocycles. The molecule has 1 N–H and O–H groups in total. The molecule has 0 saturated carbocycles. The third kappa shape index (κ3) is 1.18. The monoisotopic (exact) mass is 236 g/mol. The minimum atomic E-state index is -0.157. The summed E-state index contributed by atoms with van der Waals surface area (Å²) >= 11 is 0. The quantitative estimate of drug-likeness (QED) is 0.505. The molecule has 0 aliphatic heterocycles. The first-order chi connectivity index (χ1) is 8.81. The van der Waals surface area contributed by atoms with Crippen molar-refractivity contribution >= 4 is 27.8 Å². The summed E-state index contributed by atoms with van der Waals surface area (Å²) in [5.41, 5.74) is 2.30. The summed E-state index contributed by atoms with van der Waals surface area (Å²) in [4.78, 5) is 22.8. The van der Waals surface area contributed by atoms with E-state index in [1.807, 2.05) is 34.9 Å². The fraction of sp³-hybridized carbons (Fsp3) is 0. The summed E-state index contributed by atoms with van der Waals surface area (Å²) in [7, 11) is 0. The molecule has 0 radical (unpaired) electrons. The number of aromatic amines is 1. The van der Waals surface area contributed by atoms with Crippen LogP contribution in [0.15, 0.2) is 47.4 Å². The van der Waals surface area contributed by atoms with Crippen LogP contribution in [0.1, 0.15) is 0 Å². The SMILES string of the molecule is O=c1ccc2cn3c(nc4ccccc43)nc2[nH]1. The molecule has 0 atom stereocenters. The lowest BCUT2D eigenvalue weighted by molar-refractivity contribution is 1.14. The lowest BCUT2D eigenvalue weighted by atomic mass is 10.3. The highest BCUT2D eigenvalue weighted by Gasteiger charge is 2.06. The Morgan fingerprint density at radius 2 is 1.94 bits per heavy atom. The van der Waals surface area contributed by atoms with Gasteiger partial charge in [-0.3, -0.25) is 9.20 Å². The minimum Gasteiger partial charge on any atom is -0.306 e. The van der Waals surface area contributed by atoms with Gasteiger partial charge in [-0.1, -0.05) is 12.1 Å². The van der Waals surface area contributed by atoms with Gasteiger partial charge in [0.15, 0.2) is 0 Å². The number of nitrogens with one attached hydrogen (secondary N) is 1. The van der Waals surface area contributed by atoms with E-state index in [1.54, 1.807) is 6.07 Å². The summed E-state index contributed by atoms with van der Waals surface area (Å²) in [6.45, 7) is 0. The molecule has 4 rings (SSSR count). The van der Waals surface area contributed by atoms with Crippen LogP contribution in [0, 0.1) is 0 Å². The van der Waals surface area contributed by atoms with Crippen molar-refractivity contribution in [3.63, 3.8) is 0 Å². The van der Waals surface area contributed by atoms with Gasteiger partial charge in [0.2, 0.25) is 11.3 Å². The molecule has 5 heteroatoms. The summed E-state index contributed by atoms with van der Waals surface area (Å²) in [5.74, 6) is 0.588. The number of nitrogens with zero attached hydrogens (tertiary/aromatic N) is 3. The highest BCUT2D eigenvalue weighted by molar-refractivity contribution is 5.83. The lowest BCUT2D eigenvalue weighted by Gasteiger charge is -1.98. The van der Waals surface area contributed by atoms with E-state index in [2.05, 4.69) is 15.0 Å². The predicted molar refractivity (Wildman–Crippen MR) is 68.6 cm³/mol. The Balaban J connectivity index is 2.27. The Hall–Kier alpha value is -2.69. The number of pyridine rings is 1. The molecule has 0 saturated heterocycles. The second kappa shape index (κ2) is 3.16. The van der Waals surface area contributed by atoms with Gasteiger partial charge >= 0.3 is 0 Å². The van der Waals surface area contributed by atoms with Crippen LogP contribution < -0.4 is 5.56 Å². The van der Waals surface area contributed by atoms with Crippen LogP contribution in [-0.4, -0.2) is 19.4 Å². The predicted octanol–water partition coefficient (Wildman–Crippen LogP) is 1.72. The van der Waals surface area contributed by atoms with E-state index in [4.69, 9.17) is 0 Å². The second-order valence-electron chi connectivity index (χ2n) is 4.14. The molecular formula is C13H8N4O. The first kappa shape index (κ1) is 9.35. The second-order valence-corrected chi connectivity index (χ2v) is 4.14. The number of rotatable bonds is 0. The largest absolute Gasteiger partial charge is 0.306 e. The Kier molecular flexibility index (Phi) is 1.64. The number of para-hydroxylation sites is 2. The van der Waals surface area contributed by atoms with E-state index in [-0.39, 0.29) is 5.56 Å². The molecule has 0 amide bonds. The van der Waals surface area contributed by atoms with Gasteiger partial charge in [0.25, 0.3) is 0 Å². The van der Waals surface area contributed by atoms with Crippen LogP contribution in [0.2, 0.25) is 0 Å². The van der Waals surface area contributed by atoms with E-state index < -0.39 is 0 Å². The van der Waals surface area contributed by atoms with E-state index in [0.29, 0.717) is 11.4 Å². The van der Waals surface area contributed by atoms with Gasteiger partial charge in [-0.2, -0.15) is 4.98 Å². The van der Waals surface area contributed by atoms with Crippen LogP contribution in [0.3, 0.4) is 0 Å². The zero-order valence-corrected chi connectivity index (χ0v) is 9.29. The lowest BCUT2D eigenvalue weighted by Crippen LogP contribution is -2.04. The number of imidazole rings is 1. The van der Waals surface area contributed by atoms with Crippen LogP contribution in [0.4, 0.5) is 0 Å². The standard InChI is InChI=1S/C13H8N4O/c18-11-6-5-8-7-17-10-4-2-1-3-9(10)14-13(17)16-12(8)15-11/h1-7H,(H,14,15,16,18). The van der Waals surface area contributed by atoms with Crippen molar-refractivity contribution in [2.45, 2.75) is 0 Å². The fourth-order valence-electron chi connectivity index (χ4n) is 2.15. The van der Waals surface area contributed by atoms with Gasteiger partial charge in [0.05, 0.1) is 11.0 Å². The molecule has 3 heterocycles. The van der Waals surface area contributed by atoms with Gasteiger partial charge in [-0.25, -0.2) is 4.98 Å². The minimum absolute atomic E-state index is 0.157. The number of H-pyrrole nitrogens is 1. The summed E-state index contributed by atoms with van der Waals surface area (Å²) in [6, 6.07) is 11.1. The van der Waals surface area contributed by atoms with Gasteiger partial charge in [-0.05, 0) is 18.2 Å². The zero-order valence-electron chi connectivity index (χ0n) is 9.29. The highest BCUT2D eigenvalue weighted by atomic mass is 16.1. The Bertz CT molecular complexity index is 951. The van der Waals surface area contributed by atoms with Crippen LogP contribution in [0.25, 0.3) is 27.8 Å². The topological polar surface area (TPSA) is 63.1 Å². The zero-order chi connectivity index (χ0) is 12.1. The van der Waals surface area contributed by atoms with Crippen molar-refractivity contribution in [3.8, 4) is 0 Å². The summed E-state index contributed by atoms with van der Waals surface area (Å²) in [6.07, 6.45) is 1.93. The molecule has 0 bridgehead atoms. The van der Waals surface area contributed by atoms with Gasteiger partial charge in [-0.15, -0.1) is 0 Å². The summed E-state index contributed by atoms with van der Waals surface area (Å²) < 4.78 is 1.93. The Morgan fingerprint density at radius 1 is 1.06 bits per heavy atom. The number of hydrogen-bond acceptors (Lipinski definition) is 3. The molecule has 3 aromatic heterocycles. The molecule has 86 valence electrons. The molecule has 4 aromatic rings. The fourth-order valence-corrected chi connectivity index (χ4v) is 2.15. The summed E-state index contributed by atoms with van der Waals surface area (Å²) in [5, 5.41) is 0.880. The third-order valence-electron chi connectivity index (χ3n) is 2.99. The number of hydrogen-bond donors (Lipinski definition) is 1. The Morgan fingerprint density at radius 3 is 2.89 bits per heavy atom. The van der Waals surface area contributed by atoms with Crippen LogP contribution >= 0.6 is 0 Å². The van der Waals surface area contributed by atoms with E-state index >= 15 is 0 Å². The average Bonchev–Trinajstić information content (AvgIpc) is 2.73. The van der Waals surface area contributed by atoms with Crippen molar-refractivity contribution < 1.29 is 0 Å². The molecule has 18 heavy (non-hydrogen) atoms. The molecule has 5 nitrogen and oxygen atoms in total. The number of fused-ring (bicyclic) bond motifs is 4. The van der Waals surface area contributed by atoms with E-state index in [9.17, 15) is 4.79 Å². The van der Waals surface area contributed by atoms with Crippen molar-refractivity contribution in [2.75, 3.05) is 0 Å². The first-order valence-corrected chi connectivity index (χ1v) is 5.58. The molecule has 0 fully saturated rings. The van der Waals surface area contributed by atoms with Gasteiger partial charge < -0.3 is 4.98 Å². The first-order valence-electron chi connectivity index (χ1n) is 5.58. The van der Waals surface area contributed by atoms with E-state index in [1.165, 1.54) is 6.07 Å². The van der Waals surface area contributed by atoms with Crippen molar-refractivity contribution in [1.29, 1.82) is 0 Å². The average molecular weight is 236 g/mol. The normalized spacial score (nSPS) is 11.6. The van der Waals surface area contributed by atoms with Gasteiger partial charge in [0, 0.05) is 17.6 Å². The molecular weight excluding hydrogens is 228 g/mol. The third-order valence-corrected chi connectivity index (χ3v) is 2.99. The smallest absolute Gasteiger partial charge is 0.249 e. The maximum atomic E-state index is 11.3.